The maximum Gasteiger partial charge on any atom is 0.166 e. The van der Waals surface area contributed by atoms with Gasteiger partial charge >= 0.3 is 0 Å². The first kappa shape index (κ1) is 22.3. The third-order valence-electron chi connectivity index (χ3n) is 6.02. The lowest BCUT2D eigenvalue weighted by Gasteiger charge is -2.33. The fraction of sp³-hybridized carbons (Fsp3) is 0.500. The molecule has 7 nitrogen and oxygen atoms in total. The highest BCUT2D eigenvalue weighted by atomic mass is 35.5. The van der Waals surface area contributed by atoms with Gasteiger partial charge in [0.25, 0.3) is 0 Å². The van der Waals surface area contributed by atoms with Crippen LogP contribution in [-0.2, 0) is 11.3 Å². The zero-order valence-corrected chi connectivity index (χ0v) is 19.5. The molecule has 3 aromatic rings. The van der Waals surface area contributed by atoms with Crippen molar-refractivity contribution in [2.24, 2.45) is 0 Å². The van der Waals surface area contributed by atoms with Crippen molar-refractivity contribution in [2.75, 3.05) is 44.7 Å². The number of likely N-dealkylation sites (N-methyl/N-ethyl adjacent to an activating group) is 1. The number of benzene rings is 1. The number of halogens is 2. The number of imidazole rings is 1. The Morgan fingerprint density at radius 2 is 1.87 bits per heavy atom. The Morgan fingerprint density at radius 1 is 1.10 bits per heavy atom. The Bertz CT molecular complexity index is 1060. The molecule has 0 saturated carbocycles. The van der Waals surface area contributed by atoms with Crippen LogP contribution in [0, 0.1) is 6.92 Å². The van der Waals surface area contributed by atoms with Crippen molar-refractivity contribution in [3.8, 4) is 11.4 Å². The summed E-state index contributed by atoms with van der Waals surface area (Å²) in [4.78, 5) is 19.4. The average Bonchev–Trinajstić information content (AvgIpc) is 3.37. The van der Waals surface area contributed by atoms with Crippen LogP contribution in [0.3, 0.4) is 0 Å². The lowest BCUT2D eigenvalue weighted by atomic mass is 10.2. The van der Waals surface area contributed by atoms with Crippen LogP contribution < -0.4 is 4.90 Å². The van der Waals surface area contributed by atoms with Crippen LogP contribution in [0.25, 0.3) is 22.6 Å². The molecule has 0 N–H and O–H groups in total. The number of ether oxygens (including phenoxy) is 1. The van der Waals surface area contributed by atoms with Gasteiger partial charge in [-0.3, -0.25) is 0 Å². The largest absolute Gasteiger partial charge is 0.376 e. The summed E-state index contributed by atoms with van der Waals surface area (Å²) >= 11 is 6.57. The van der Waals surface area contributed by atoms with Crippen molar-refractivity contribution >= 4 is 41.0 Å². The van der Waals surface area contributed by atoms with E-state index in [1.54, 1.807) is 0 Å². The first-order chi connectivity index (χ1) is 14.6. The summed E-state index contributed by atoms with van der Waals surface area (Å²) in [5.74, 6) is 2.52. The Labute approximate surface area is 193 Å². The molecular weight excluding hydrogens is 435 g/mol. The van der Waals surface area contributed by atoms with Crippen molar-refractivity contribution in [2.45, 2.75) is 32.4 Å². The van der Waals surface area contributed by atoms with Gasteiger partial charge in [0.2, 0.25) is 0 Å². The lowest BCUT2D eigenvalue weighted by Crippen LogP contribution is -2.45. The van der Waals surface area contributed by atoms with Crippen molar-refractivity contribution in [3.05, 3.63) is 35.1 Å². The van der Waals surface area contributed by atoms with Gasteiger partial charge in [-0.25, -0.2) is 15.0 Å². The van der Waals surface area contributed by atoms with E-state index in [2.05, 4.69) is 21.4 Å². The number of nitrogens with zero attached hydrogens (tertiary/aromatic N) is 6. The molecule has 4 heterocycles. The molecule has 2 fully saturated rings. The zero-order chi connectivity index (χ0) is 20.7. The smallest absolute Gasteiger partial charge is 0.166 e. The Morgan fingerprint density at radius 3 is 2.58 bits per heavy atom. The van der Waals surface area contributed by atoms with Crippen LogP contribution in [0.15, 0.2) is 24.3 Å². The highest BCUT2D eigenvalue weighted by Gasteiger charge is 2.26. The summed E-state index contributed by atoms with van der Waals surface area (Å²) in [7, 11) is 2.16. The normalized spacial score (nSPS) is 19.7. The third-order valence-corrected chi connectivity index (χ3v) is 6.35. The molecule has 0 radical (unpaired) electrons. The van der Waals surface area contributed by atoms with Gasteiger partial charge in [-0.1, -0.05) is 23.7 Å². The number of hydrogen-bond donors (Lipinski definition) is 0. The van der Waals surface area contributed by atoms with E-state index in [4.69, 9.17) is 31.3 Å². The first-order valence-electron chi connectivity index (χ1n) is 10.6. The quantitative estimate of drug-likeness (QED) is 0.587. The van der Waals surface area contributed by atoms with E-state index in [0.29, 0.717) is 5.02 Å². The molecule has 0 unspecified atom stereocenters. The number of anilines is 1. The van der Waals surface area contributed by atoms with Gasteiger partial charge in [-0.15, -0.1) is 12.4 Å². The van der Waals surface area contributed by atoms with Crippen LogP contribution in [-0.4, -0.2) is 70.4 Å². The van der Waals surface area contributed by atoms with E-state index in [0.717, 1.165) is 86.4 Å². The first-order valence-corrected chi connectivity index (χ1v) is 11.0. The molecule has 5 rings (SSSR count). The minimum Gasteiger partial charge on any atom is -0.376 e. The summed E-state index contributed by atoms with van der Waals surface area (Å²) in [5.41, 5.74) is 2.62. The minimum atomic E-state index is 0. The van der Waals surface area contributed by atoms with Crippen molar-refractivity contribution in [3.63, 3.8) is 0 Å². The molecule has 1 atom stereocenters. The van der Waals surface area contributed by atoms with Crippen LogP contribution in [0.4, 0.5) is 5.82 Å². The molecule has 0 amide bonds. The van der Waals surface area contributed by atoms with E-state index < -0.39 is 0 Å². The second-order valence-electron chi connectivity index (χ2n) is 8.22. The molecule has 0 bridgehead atoms. The summed E-state index contributed by atoms with van der Waals surface area (Å²) in [6.07, 6.45) is 2.32. The van der Waals surface area contributed by atoms with Crippen molar-refractivity contribution in [1.82, 2.24) is 24.4 Å². The summed E-state index contributed by atoms with van der Waals surface area (Å²) in [5, 5.41) is 0.687. The fourth-order valence-corrected chi connectivity index (χ4v) is 4.56. The van der Waals surface area contributed by atoms with Gasteiger partial charge in [0.15, 0.2) is 17.0 Å². The SMILES string of the molecule is Cc1nc(N2CCN(C)CC2)c2nc(-c3ccccc3Cl)n(C[C@@H]3CCCO3)c2n1.Cl. The summed E-state index contributed by atoms with van der Waals surface area (Å²) in [6, 6.07) is 7.87. The van der Waals surface area contributed by atoms with Crippen LogP contribution in [0.1, 0.15) is 18.7 Å². The second-order valence-corrected chi connectivity index (χ2v) is 8.63. The molecule has 0 aliphatic carbocycles. The van der Waals surface area contributed by atoms with Gasteiger partial charge in [0, 0.05) is 38.3 Å². The van der Waals surface area contributed by atoms with Crippen LogP contribution in [0.2, 0.25) is 5.02 Å². The highest BCUT2D eigenvalue weighted by Crippen LogP contribution is 2.34. The van der Waals surface area contributed by atoms with Gasteiger partial charge < -0.3 is 19.1 Å². The average molecular weight is 463 g/mol. The second kappa shape index (κ2) is 9.28. The number of fused-ring (bicyclic) bond motifs is 1. The number of aryl methyl sites for hydroxylation is 1. The van der Waals surface area contributed by atoms with Gasteiger partial charge in [0.05, 0.1) is 17.7 Å². The molecule has 1 aromatic carbocycles. The van der Waals surface area contributed by atoms with E-state index in [1.165, 1.54) is 0 Å². The maximum atomic E-state index is 6.57. The van der Waals surface area contributed by atoms with Crippen LogP contribution >= 0.6 is 24.0 Å². The van der Waals surface area contributed by atoms with Gasteiger partial charge in [-0.05, 0) is 38.9 Å². The van der Waals surface area contributed by atoms with Crippen LogP contribution in [0.5, 0.6) is 0 Å². The van der Waals surface area contributed by atoms with E-state index in [1.807, 2.05) is 31.2 Å². The summed E-state index contributed by atoms with van der Waals surface area (Å²) in [6.45, 7) is 7.38. The van der Waals surface area contributed by atoms with E-state index in [9.17, 15) is 0 Å². The van der Waals surface area contributed by atoms with Gasteiger partial charge in [0.1, 0.15) is 11.6 Å². The predicted octanol–water partition coefficient (Wildman–Crippen LogP) is 3.81. The minimum absolute atomic E-state index is 0. The highest BCUT2D eigenvalue weighted by molar-refractivity contribution is 6.33. The topological polar surface area (TPSA) is 59.3 Å². The number of rotatable bonds is 4. The fourth-order valence-electron chi connectivity index (χ4n) is 4.34. The number of aromatic nitrogens is 4. The van der Waals surface area contributed by atoms with Crippen molar-refractivity contribution in [1.29, 1.82) is 0 Å². The van der Waals surface area contributed by atoms with E-state index in [-0.39, 0.29) is 18.5 Å². The zero-order valence-electron chi connectivity index (χ0n) is 17.9. The lowest BCUT2D eigenvalue weighted by molar-refractivity contribution is 0.0981. The molecule has 31 heavy (non-hydrogen) atoms. The molecule has 0 spiro atoms. The van der Waals surface area contributed by atoms with Crippen molar-refractivity contribution < 1.29 is 4.74 Å². The Balaban J connectivity index is 0.00000231. The molecule has 9 heteroatoms. The third kappa shape index (κ3) is 4.37. The van der Waals surface area contributed by atoms with Gasteiger partial charge in [-0.2, -0.15) is 0 Å². The Kier molecular flexibility index (Phi) is 6.67. The molecule has 2 saturated heterocycles. The molecule has 2 aromatic heterocycles. The number of hydrogen-bond acceptors (Lipinski definition) is 6. The molecular formula is C22H28Cl2N6O. The molecule has 2 aliphatic rings. The predicted molar refractivity (Wildman–Crippen MR) is 126 cm³/mol. The maximum absolute atomic E-state index is 6.57. The van der Waals surface area contributed by atoms with E-state index >= 15 is 0 Å². The number of piperazine rings is 1. The monoisotopic (exact) mass is 462 g/mol. The standard InChI is InChI=1S/C22H27ClN6O.ClH/c1-15-24-21(28-11-9-27(2)10-12-28)19-22(25-15)29(14-16-6-5-13-30-16)20(26-19)17-7-3-4-8-18(17)23;/h3-4,7-8,16H,5-6,9-14H2,1-2H3;1H/t16-;/m0./s1. The molecule has 2 aliphatic heterocycles. The Hall–Kier alpha value is -1.93. The molecule has 166 valence electrons. The summed E-state index contributed by atoms with van der Waals surface area (Å²) < 4.78 is 8.13.